The van der Waals surface area contributed by atoms with Crippen LogP contribution in [-0.4, -0.2) is 15.9 Å². The van der Waals surface area contributed by atoms with Crippen molar-refractivity contribution in [3.63, 3.8) is 0 Å². The Labute approximate surface area is 98.1 Å². The van der Waals surface area contributed by atoms with Gasteiger partial charge in [0, 0.05) is 12.5 Å². The standard InChI is InChI=1S/C11H10Cl2O2/c12-10(13)7-9-4-2-1-3-8(9)5-6-11(14)15/h1-6,10H,7H2,(H,14,15). The van der Waals surface area contributed by atoms with Gasteiger partial charge in [0.25, 0.3) is 0 Å². The molecule has 4 heteroatoms. The number of alkyl halides is 2. The van der Waals surface area contributed by atoms with E-state index in [0.717, 1.165) is 17.2 Å². The molecule has 80 valence electrons. The maximum Gasteiger partial charge on any atom is 0.328 e. The lowest BCUT2D eigenvalue weighted by Gasteiger charge is -2.05. The van der Waals surface area contributed by atoms with Crippen LogP contribution < -0.4 is 0 Å². The molecule has 0 heterocycles. The third-order valence-corrected chi connectivity index (χ3v) is 2.14. The number of carboxylic acid groups (broad SMARTS) is 1. The number of carboxylic acids is 1. The van der Waals surface area contributed by atoms with E-state index < -0.39 is 10.8 Å². The summed E-state index contributed by atoms with van der Waals surface area (Å²) in [6.07, 6.45) is 3.13. The number of carbonyl (C=O) groups is 1. The Morgan fingerprint density at radius 2 is 2.07 bits per heavy atom. The van der Waals surface area contributed by atoms with Crippen LogP contribution in [0.4, 0.5) is 0 Å². The Morgan fingerprint density at radius 3 is 2.67 bits per heavy atom. The van der Waals surface area contributed by atoms with Gasteiger partial charge < -0.3 is 5.11 Å². The van der Waals surface area contributed by atoms with Crippen LogP contribution in [0.5, 0.6) is 0 Å². The zero-order chi connectivity index (χ0) is 11.3. The topological polar surface area (TPSA) is 37.3 Å². The van der Waals surface area contributed by atoms with Crippen molar-refractivity contribution in [2.45, 2.75) is 11.3 Å². The second-order valence-electron chi connectivity index (χ2n) is 2.97. The number of hydrogen-bond donors (Lipinski definition) is 1. The van der Waals surface area contributed by atoms with E-state index >= 15 is 0 Å². The third-order valence-electron chi connectivity index (χ3n) is 1.83. The smallest absolute Gasteiger partial charge is 0.328 e. The largest absolute Gasteiger partial charge is 0.478 e. The lowest BCUT2D eigenvalue weighted by molar-refractivity contribution is -0.131. The molecule has 1 aromatic carbocycles. The summed E-state index contributed by atoms with van der Waals surface area (Å²) in [5.74, 6) is -0.974. The zero-order valence-electron chi connectivity index (χ0n) is 7.86. The molecule has 15 heavy (non-hydrogen) atoms. The van der Waals surface area contributed by atoms with E-state index in [1.54, 1.807) is 0 Å². The Bertz CT molecular complexity index is 373. The van der Waals surface area contributed by atoms with Crippen molar-refractivity contribution >= 4 is 35.2 Å². The van der Waals surface area contributed by atoms with E-state index in [4.69, 9.17) is 28.3 Å². The highest BCUT2D eigenvalue weighted by molar-refractivity contribution is 6.44. The van der Waals surface area contributed by atoms with Gasteiger partial charge in [0.2, 0.25) is 0 Å². The molecule has 1 aromatic rings. The Kier molecular flexibility index (Phi) is 4.66. The predicted molar refractivity (Wildman–Crippen MR) is 62.3 cm³/mol. The van der Waals surface area contributed by atoms with Crippen molar-refractivity contribution in [2.75, 3.05) is 0 Å². The number of rotatable bonds is 4. The molecule has 0 fully saturated rings. The molecule has 0 aliphatic rings. The molecule has 0 spiro atoms. The van der Waals surface area contributed by atoms with Gasteiger partial charge in [-0.3, -0.25) is 0 Å². The number of aliphatic carboxylic acids is 1. The number of hydrogen-bond acceptors (Lipinski definition) is 1. The van der Waals surface area contributed by atoms with Crippen LogP contribution in [0.3, 0.4) is 0 Å². The van der Waals surface area contributed by atoms with Crippen molar-refractivity contribution in [1.29, 1.82) is 0 Å². The minimum Gasteiger partial charge on any atom is -0.478 e. The van der Waals surface area contributed by atoms with Gasteiger partial charge in [0.1, 0.15) is 4.84 Å². The van der Waals surface area contributed by atoms with Gasteiger partial charge in [0.05, 0.1) is 0 Å². The van der Waals surface area contributed by atoms with E-state index in [1.165, 1.54) is 6.08 Å². The maximum absolute atomic E-state index is 10.4. The highest BCUT2D eigenvalue weighted by Gasteiger charge is 2.04. The Balaban J connectivity index is 2.91. The quantitative estimate of drug-likeness (QED) is 0.653. The summed E-state index contributed by atoms with van der Waals surface area (Å²) in [5.41, 5.74) is 1.76. The van der Waals surface area contributed by atoms with Gasteiger partial charge in [-0.25, -0.2) is 4.79 Å². The molecule has 0 bridgehead atoms. The van der Waals surface area contributed by atoms with E-state index in [2.05, 4.69) is 0 Å². The fourth-order valence-electron chi connectivity index (χ4n) is 1.21. The monoisotopic (exact) mass is 244 g/mol. The second kappa shape index (κ2) is 5.79. The normalized spacial score (nSPS) is 11.1. The molecule has 0 atom stereocenters. The number of halogens is 2. The minimum atomic E-state index is -0.974. The highest BCUT2D eigenvalue weighted by Crippen LogP contribution is 2.17. The van der Waals surface area contributed by atoms with Crippen LogP contribution >= 0.6 is 23.2 Å². The van der Waals surface area contributed by atoms with E-state index in [1.807, 2.05) is 24.3 Å². The Morgan fingerprint density at radius 1 is 1.40 bits per heavy atom. The van der Waals surface area contributed by atoms with Crippen molar-refractivity contribution in [2.24, 2.45) is 0 Å². The summed E-state index contributed by atoms with van der Waals surface area (Å²) in [6.45, 7) is 0. The van der Waals surface area contributed by atoms with Crippen LogP contribution in [0.25, 0.3) is 6.08 Å². The van der Waals surface area contributed by atoms with Crippen molar-refractivity contribution in [3.8, 4) is 0 Å². The first-order valence-electron chi connectivity index (χ1n) is 4.36. The van der Waals surface area contributed by atoms with E-state index in [9.17, 15) is 4.79 Å². The van der Waals surface area contributed by atoms with Crippen molar-refractivity contribution in [1.82, 2.24) is 0 Å². The molecule has 0 aromatic heterocycles. The molecule has 0 aliphatic heterocycles. The summed E-state index contributed by atoms with van der Waals surface area (Å²) in [4.78, 5) is 9.89. The summed E-state index contributed by atoms with van der Waals surface area (Å²) >= 11 is 11.3. The van der Waals surface area contributed by atoms with E-state index in [0.29, 0.717) is 6.42 Å². The third kappa shape index (κ3) is 4.36. The van der Waals surface area contributed by atoms with Gasteiger partial charge in [-0.2, -0.15) is 0 Å². The van der Waals surface area contributed by atoms with Gasteiger partial charge in [-0.1, -0.05) is 24.3 Å². The van der Waals surface area contributed by atoms with E-state index in [-0.39, 0.29) is 0 Å². The highest BCUT2D eigenvalue weighted by atomic mass is 35.5. The predicted octanol–water partition coefficient (Wildman–Crippen LogP) is 3.13. The van der Waals surface area contributed by atoms with Gasteiger partial charge in [0.15, 0.2) is 0 Å². The Hall–Kier alpha value is -0.990. The molecule has 0 amide bonds. The molecule has 2 nitrogen and oxygen atoms in total. The van der Waals surface area contributed by atoms with Crippen molar-refractivity contribution < 1.29 is 9.90 Å². The summed E-state index contributed by atoms with van der Waals surface area (Å²) in [6, 6.07) is 7.40. The molecule has 1 rings (SSSR count). The molecular formula is C11H10Cl2O2. The van der Waals surface area contributed by atoms with Crippen LogP contribution in [0.15, 0.2) is 30.3 Å². The molecule has 1 N–H and O–H groups in total. The van der Waals surface area contributed by atoms with Crippen molar-refractivity contribution in [3.05, 3.63) is 41.5 Å². The van der Waals surface area contributed by atoms with Gasteiger partial charge in [-0.15, -0.1) is 23.2 Å². The fraction of sp³-hybridized carbons (Fsp3) is 0.182. The molecule has 0 aliphatic carbocycles. The molecule has 0 radical (unpaired) electrons. The van der Waals surface area contributed by atoms with Gasteiger partial charge >= 0.3 is 5.97 Å². The lowest BCUT2D eigenvalue weighted by Crippen LogP contribution is -1.97. The molecule has 0 unspecified atom stereocenters. The van der Waals surface area contributed by atoms with Crippen LogP contribution in [0.1, 0.15) is 11.1 Å². The average Bonchev–Trinajstić information content (AvgIpc) is 2.15. The SMILES string of the molecule is O=C(O)C=Cc1ccccc1CC(Cl)Cl. The van der Waals surface area contributed by atoms with Crippen LogP contribution in [0.2, 0.25) is 0 Å². The first kappa shape index (κ1) is 12.1. The molecular weight excluding hydrogens is 235 g/mol. The summed E-state index contributed by atoms with van der Waals surface area (Å²) in [5, 5.41) is 8.51. The summed E-state index contributed by atoms with van der Waals surface area (Å²) in [7, 11) is 0. The molecule has 0 saturated carbocycles. The average molecular weight is 245 g/mol. The van der Waals surface area contributed by atoms with Crippen LogP contribution in [-0.2, 0) is 11.2 Å². The fourth-order valence-corrected chi connectivity index (χ4v) is 1.54. The van der Waals surface area contributed by atoms with Crippen LogP contribution in [0, 0.1) is 0 Å². The minimum absolute atomic E-state index is 0.482. The number of benzene rings is 1. The first-order chi connectivity index (χ1) is 7.09. The summed E-state index contributed by atoms with van der Waals surface area (Å²) < 4.78 is 0. The first-order valence-corrected chi connectivity index (χ1v) is 5.24. The zero-order valence-corrected chi connectivity index (χ0v) is 9.37. The lowest BCUT2D eigenvalue weighted by atomic mass is 10.1. The second-order valence-corrected chi connectivity index (χ2v) is 4.24. The molecule has 0 saturated heterocycles. The van der Waals surface area contributed by atoms with Gasteiger partial charge in [-0.05, 0) is 17.2 Å². The maximum atomic E-state index is 10.4.